The van der Waals surface area contributed by atoms with Crippen molar-refractivity contribution in [2.24, 2.45) is 17.6 Å². The lowest BCUT2D eigenvalue weighted by Gasteiger charge is -2.11. The molecule has 1 aliphatic rings. The van der Waals surface area contributed by atoms with Gasteiger partial charge in [0, 0.05) is 13.0 Å². The predicted molar refractivity (Wildman–Crippen MR) is 62.0 cm³/mol. The molecule has 16 heavy (non-hydrogen) atoms. The lowest BCUT2D eigenvalue weighted by molar-refractivity contribution is 0.331. The van der Waals surface area contributed by atoms with Gasteiger partial charge < -0.3 is 10.3 Å². The molecule has 0 amide bonds. The summed E-state index contributed by atoms with van der Waals surface area (Å²) in [6, 6.07) is 0. The number of hydrogen-bond donors (Lipinski definition) is 1. The number of hydrogen-bond acceptors (Lipinski definition) is 4. The van der Waals surface area contributed by atoms with Crippen LogP contribution in [0.2, 0.25) is 0 Å². The zero-order valence-electron chi connectivity index (χ0n) is 10.1. The van der Waals surface area contributed by atoms with Gasteiger partial charge in [-0.15, -0.1) is 0 Å². The van der Waals surface area contributed by atoms with E-state index in [1.54, 1.807) is 0 Å². The van der Waals surface area contributed by atoms with Crippen molar-refractivity contribution >= 4 is 0 Å². The second kappa shape index (κ2) is 4.95. The molecule has 2 rings (SSSR count). The van der Waals surface area contributed by atoms with Crippen molar-refractivity contribution in [1.82, 2.24) is 10.1 Å². The summed E-state index contributed by atoms with van der Waals surface area (Å²) >= 11 is 0. The SMILES string of the molecule is CC(C)CC(CN)c1nc(CC2CC2)no1. The first-order chi connectivity index (χ1) is 7.69. The van der Waals surface area contributed by atoms with Crippen LogP contribution in [-0.2, 0) is 6.42 Å². The molecule has 1 atom stereocenters. The molecule has 0 radical (unpaired) electrons. The highest BCUT2D eigenvalue weighted by Gasteiger charge is 2.25. The minimum Gasteiger partial charge on any atom is -0.339 e. The zero-order valence-corrected chi connectivity index (χ0v) is 10.1. The molecule has 4 heteroatoms. The topological polar surface area (TPSA) is 64.9 Å². The van der Waals surface area contributed by atoms with Crippen molar-refractivity contribution in [3.05, 3.63) is 11.7 Å². The average Bonchev–Trinajstić information content (AvgIpc) is 2.92. The Balaban J connectivity index is 1.97. The third-order valence-electron chi connectivity index (χ3n) is 3.04. The Labute approximate surface area is 96.6 Å². The van der Waals surface area contributed by atoms with Crippen molar-refractivity contribution in [1.29, 1.82) is 0 Å². The smallest absolute Gasteiger partial charge is 0.231 e. The second-order valence-electron chi connectivity index (χ2n) is 5.26. The van der Waals surface area contributed by atoms with Crippen LogP contribution in [0.25, 0.3) is 0 Å². The minimum atomic E-state index is 0.223. The highest BCUT2D eigenvalue weighted by Crippen LogP contribution is 2.32. The van der Waals surface area contributed by atoms with E-state index >= 15 is 0 Å². The largest absolute Gasteiger partial charge is 0.339 e. The molecule has 1 unspecified atom stereocenters. The van der Waals surface area contributed by atoms with Crippen LogP contribution in [-0.4, -0.2) is 16.7 Å². The quantitative estimate of drug-likeness (QED) is 0.802. The highest BCUT2D eigenvalue weighted by molar-refractivity contribution is 4.97. The van der Waals surface area contributed by atoms with Gasteiger partial charge >= 0.3 is 0 Å². The normalized spacial score (nSPS) is 18.0. The minimum absolute atomic E-state index is 0.223. The zero-order chi connectivity index (χ0) is 11.5. The Morgan fingerprint density at radius 2 is 2.19 bits per heavy atom. The summed E-state index contributed by atoms with van der Waals surface area (Å²) in [5, 5.41) is 4.03. The fourth-order valence-electron chi connectivity index (χ4n) is 1.96. The predicted octanol–water partition coefficient (Wildman–Crippen LogP) is 2.11. The first-order valence-electron chi connectivity index (χ1n) is 6.21. The second-order valence-corrected chi connectivity index (χ2v) is 5.26. The van der Waals surface area contributed by atoms with Crippen molar-refractivity contribution in [2.75, 3.05) is 6.54 Å². The first kappa shape index (κ1) is 11.6. The summed E-state index contributed by atoms with van der Waals surface area (Å²) in [5.74, 6) is 3.21. The van der Waals surface area contributed by atoms with E-state index in [0.717, 1.165) is 30.5 Å². The summed E-state index contributed by atoms with van der Waals surface area (Å²) < 4.78 is 5.31. The van der Waals surface area contributed by atoms with Crippen LogP contribution in [0.3, 0.4) is 0 Å². The van der Waals surface area contributed by atoms with Crippen LogP contribution in [0.1, 0.15) is 50.7 Å². The maximum absolute atomic E-state index is 5.75. The molecule has 0 aliphatic heterocycles. The van der Waals surface area contributed by atoms with Crippen molar-refractivity contribution in [3.8, 4) is 0 Å². The molecule has 1 fully saturated rings. The summed E-state index contributed by atoms with van der Waals surface area (Å²) in [6.07, 6.45) is 4.62. The molecule has 0 aromatic carbocycles. The average molecular weight is 223 g/mol. The Kier molecular flexibility index (Phi) is 3.59. The van der Waals surface area contributed by atoms with Crippen molar-refractivity contribution in [2.45, 2.75) is 45.4 Å². The fourth-order valence-corrected chi connectivity index (χ4v) is 1.96. The lowest BCUT2D eigenvalue weighted by atomic mass is 9.97. The molecule has 4 nitrogen and oxygen atoms in total. The van der Waals surface area contributed by atoms with Gasteiger partial charge in [-0.1, -0.05) is 19.0 Å². The van der Waals surface area contributed by atoms with Crippen LogP contribution in [0.4, 0.5) is 0 Å². The Hall–Kier alpha value is -0.900. The van der Waals surface area contributed by atoms with Crippen LogP contribution >= 0.6 is 0 Å². The van der Waals surface area contributed by atoms with Gasteiger partial charge in [0.15, 0.2) is 5.82 Å². The Bertz CT molecular complexity index is 331. The molecule has 1 heterocycles. The Morgan fingerprint density at radius 1 is 1.44 bits per heavy atom. The molecule has 1 aromatic rings. The first-order valence-corrected chi connectivity index (χ1v) is 6.21. The van der Waals surface area contributed by atoms with E-state index < -0.39 is 0 Å². The van der Waals surface area contributed by atoms with Crippen LogP contribution < -0.4 is 5.73 Å². The number of rotatable bonds is 6. The maximum Gasteiger partial charge on any atom is 0.231 e. The number of nitrogens with zero attached hydrogens (tertiary/aromatic N) is 2. The summed E-state index contributed by atoms with van der Waals surface area (Å²) in [7, 11) is 0. The molecule has 1 saturated carbocycles. The van der Waals surface area contributed by atoms with Crippen molar-refractivity contribution < 1.29 is 4.52 Å². The standard InChI is InChI=1S/C12H21N3O/c1-8(2)5-10(7-13)12-14-11(15-16-12)6-9-3-4-9/h8-10H,3-7,13H2,1-2H3. The summed E-state index contributed by atoms with van der Waals surface area (Å²) in [4.78, 5) is 4.46. The summed E-state index contributed by atoms with van der Waals surface area (Å²) in [6.45, 7) is 4.96. The fraction of sp³-hybridized carbons (Fsp3) is 0.833. The van der Waals surface area contributed by atoms with Crippen LogP contribution in [0.15, 0.2) is 4.52 Å². The molecular formula is C12H21N3O. The third-order valence-corrected chi connectivity index (χ3v) is 3.04. The van der Waals surface area contributed by atoms with Gasteiger partial charge in [0.05, 0.1) is 5.92 Å². The number of nitrogens with two attached hydrogens (primary N) is 1. The molecule has 0 saturated heterocycles. The van der Waals surface area contributed by atoms with E-state index in [0.29, 0.717) is 12.5 Å². The molecular weight excluding hydrogens is 202 g/mol. The van der Waals surface area contributed by atoms with Crippen LogP contribution in [0.5, 0.6) is 0 Å². The van der Waals surface area contributed by atoms with E-state index in [4.69, 9.17) is 10.3 Å². The highest BCUT2D eigenvalue weighted by atomic mass is 16.5. The lowest BCUT2D eigenvalue weighted by Crippen LogP contribution is -2.15. The summed E-state index contributed by atoms with van der Waals surface area (Å²) in [5.41, 5.74) is 5.75. The van der Waals surface area contributed by atoms with Gasteiger partial charge in [0.1, 0.15) is 0 Å². The van der Waals surface area contributed by atoms with Crippen molar-refractivity contribution in [3.63, 3.8) is 0 Å². The molecule has 2 N–H and O–H groups in total. The van der Waals surface area contributed by atoms with E-state index in [9.17, 15) is 0 Å². The van der Waals surface area contributed by atoms with Gasteiger partial charge in [0.2, 0.25) is 5.89 Å². The van der Waals surface area contributed by atoms with E-state index in [2.05, 4.69) is 24.0 Å². The Morgan fingerprint density at radius 3 is 2.75 bits per heavy atom. The van der Waals surface area contributed by atoms with E-state index in [1.807, 2.05) is 0 Å². The van der Waals surface area contributed by atoms with Gasteiger partial charge in [-0.05, 0) is 31.1 Å². The van der Waals surface area contributed by atoms with Gasteiger partial charge in [-0.3, -0.25) is 0 Å². The van der Waals surface area contributed by atoms with E-state index in [1.165, 1.54) is 12.8 Å². The molecule has 90 valence electrons. The molecule has 0 spiro atoms. The van der Waals surface area contributed by atoms with Gasteiger partial charge in [-0.25, -0.2) is 0 Å². The van der Waals surface area contributed by atoms with Gasteiger partial charge in [-0.2, -0.15) is 4.98 Å². The molecule has 1 aromatic heterocycles. The van der Waals surface area contributed by atoms with Gasteiger partial charge in [0.25, 0.3) is 0 Å². The van der Waals surface area contributed by atoms with Crippen LogP contribution in [0, 0.1) is 11.8 Å². The monoisotopic (exact) mass is 223 g/mol. The maximum atomic E-state index is 5.75. The molecule has 1 aliphatic carbocycles. The third kappa shape index (κ3) is 3.04. The van der Waals surface area contributed by atoms with E-state index in [-0.39, 0.29) is 5.92 Å². The number of aromatic nitrogens is 2. The molecule has 0 bridgehead atoms.